The number of ether oxygens (including phenoxy) is 1. The number of halogens is 3. The van der Waals surface area contributed by atoms with Crippen molar-refractivity contribution in [3.63, 3.8) is 0 Å². The Labute approximate surface area is 122 Å². The Kier molecular flexibility index (Phi) is 5.07. The molecular weight excluding hydrogens is 334 g/mol. The maximum Gasteiger partial charge on any atom is 0.318 e. The van der Waals surface area contributed by atoms with E-state index in [0.717, 1.165) is 6.92 Å². The summed E-state index contributed by atoms with van der Waals surface area (Å²) in [6.07, 6.45) is -1.49. The third kappa shape index (κ3) is 4.53. The lowest BCUT2D eigenvalue weighted by Gasteiger charge is -2.16. The first kappa shape index (κ1) is 17.1. The van der Waals surface area contributed by atoms with E-state index < -0.39 is 49.4 Å². The number of benzene rings is 1. The Morgan fingerprint density at radius 1 is 1.38 bits per heavy atom. The van der Waals surface area contributed by atoms with Crippen LogP contribution in [0.25, 0.3) is 0 Å². The molecule has 1 rings (SSSR count). The van der Waals surface area contributed by atoms with Crippen molar-refractivity contribution < 1.29 is 31.5 Å². The van der Waals surface area contributed by atoms with Crippen molar-refractivity contribution in [1.29, 1.82) is 0 Å². The van der Waals surface area contributed by atoms with Gasteiger partial charge in [0.1, 0.15) is 10.7 Å². The smallest absolute Gasteiger partial charge is 0.318 e. The Morgan fingerprint density at radius 2 is 1.95 bits per heavy atom. The molecule has 0 aliphatic carbocycles. The molecule has 3 N–H and O–H groups in total. The number of nitrogens with two attached hydrogens (primary N) is 1. The Hall–Kier alpha value is -1.94. The number of amides is 3. The molecule has 0 spiro atoms. The van der Waals surface area contributed by atoms with E-state index in [1.807, 2.05) is 0 Å². The van der Waals surface area contributed by atoms with Gasteiger partial charge in [0.15, 0.2) is 17.7 Å². The first-order chi connectivity index (χ1) is 9.52. The molecule has 11 heteroatoms. The van der Waals surface area contributed by atoms with Gasteiger partial charge in [-0.3, -0.25) is 10.1 Å². The van der Waals surface area contributed by atoms with Gasteiger partial charge in [-0.1, -0.05) is 0 Å². The summed E-state index contributed by atoms with van der Waals surface area (Å²) >= 11 is 0. The maximum absolute atomic E-state index is 13.6. The van der Waals surface area contributed by atoms with Crippen LogP contribution in [0.5, 0.6) is 5.75 Å². The Balaban J connectivity index is 3.19. The van der Waals surface area contributed by atoms with Crippen LogP contribution < -0.4 is 15.8 Å². The highest BCUT2D eigenvalue weighted by atomic mass is 35.7. The summed E-state index contributed by atoms with van der Waals surface area (Å²) in [6.45, 7) is 1.09. The second-order valence-electron chi connectivity index (χ2n) is 3.77. The summed E-state index contributed by atoms with van der Waals surface area (Å²) in [6, 6.07) is -0.404. The van der Waals surface area contributed by atoms with Crippen LogP contribution in [0.4, 0.5) is 13.6 Å². The third-order valence-electron chi connectivity index (χ3n) is 2.15. The predicted molar refractivity (Wildman–Crippen MR) is 67.2 cm³/mol. The molecule has 0 radical (unpaired) electrons. The summed E-state index contributed by atoms with van der Waals surface area (Å²) < 4.78 is 54.0. The van der Waals surface area contributed by atoms with Gasteiger partial charge in [0.05, 0.1) is 0 Å². The number of hydrogen-bond donors (Lipinski definition) is 2. The number of nitrogens with one attached hydrogen (secondary N) is 1. The van der Waals surface area contributed by atoms with E-state index in [4.69, 9.17) is 21.2 Å². The molecule has 0 saturated heterocycles. The summed E-state index contributed by atoms with van der Waals surface area (Å²) in [7, 11) is 0.510. The highest BCUT2D eigenvalue weighted by molar-refractivity contribution is 8.13. The minimum absolute atomic E-state index is 0.347. The summed E-state index contributed by atoms with van der Waals surface area (Å²) in [4.78, 5) is 20.9. The molecule has 1 aromatic rings. The van der Waals surface area contributed by atoms with Crippen molar-refractivity contribution in [3.05, 3.63) is 23.8 Å². The Morgan fingerprint density at radius 3 is 2.43 bits per heavy atom. The SMILES string of the molecule is CC(Oc1c(F)cc(F)cc1S(=O)(=O)Cl)C(=O)NC(N)=O. The number of carbonyl (C=O) groups is 2. The van der Waals surface area contributed by atoms with E-state index in [-0.39, 0.29) is 0 Å². The third-order valence-corrected chi connectivity index (χ3v) is 3.47. The lowest BCUT2D eigenvalue weighted by molar-refractivity contribution is -0.126. The van der Waals surface area contributed by atoms with Gasteiger partial charge in [-0.25, -0.2) is 22.0 Å². The highest BCUT2D eigenvalue weighted by Gasteiger charge is 2.26. The van der Waals surface area contributed by atoms with Crippen molar-refractivity contribution in [2.45, 2.75) is 17.9 Å². The largest absolute Gasteiger partial charge is 0.476 e. The minimum Gasteiger partial charge on any atom is -0.476 e. The van der Waals surface area contributed by atoms with E-state index in [0.29, 0.717) is 12.1 Å². The van der Waals surface area contributed by atoms with Crippen LogP contribution in [0, 0.1) is 11.6 Å². The summed E-state index contributed by atoms with van der Waals surface area (Å²) in [5, 5.41) is 1.65. The quantitative estimate of drug-likeness (QED) is 0.787. The first-order valence-electron chi connectivity index (χ1n) is 5.23. The number of rotatable bonds is 4. The number of imide groups is 1. The molecule has 0 bridgehead atoms. The second-order valence-corrected chi connectivity index (χ2v) is 6.30. The van der Waals surface area contributed by atoms with Gasteiger partial charge in [0.2, 0.25) is 0 Å². The lowest BCUT2D eigenvalue weighted by Crippen LogP contribution is -2.42. The normalized spacial score (nSPS) is 12.6. The molecular formula is C10H9ClF2N2O5S. The van der Waals surface area contributed by atoms with Crippen LogP contribution in [0.3, 0.4) is 0 Å². The van der Waals surface area contributed by atoms with Crippen molar-refractivity contribution in [2.24, 2.45) is 5.73 Å². The molecule has 21 heavy (non-hydrogen) atoms. The summed E-state index contributed by atoms with van der Waals surface area (Å²) in [5.41, 5.74) is 4.71. The van der Waals surface area contributed by atoms with E-state index in [2.05, 4.69) is 0 Å². The molecule has 0 aromatic heterocycles. The van der Waals surface area contributed by atoms with Gasteiger partial charge in [-0.2, -0.15) is 0 Å². The zero-order chi connectivity index (χ0) is 16.4. The molecule has 0 aliphatic heterocycles. The number of primary amides is 1. The highest BCUT2D eigenvalue weighted by Crippen LogP contribution is 2.31. The summed E-state index contributed by atoms with van der Waals surface area (Å²) in [5.74, 6) is -4.58. The van der Waals surface area contributed by atoms with E-state index >= 15 is 0 Å². The molecule has 0 aliphatic rings. The average molecular weight is 343 g/mol. The van der Waals surface area contributed by atoms with Crippen molar-refractivity contribution >= 4 is 31.7 Å². The fourth-order valence-corrected chi connectivity index (χ4v) is 2.25. The fraction of sp³-hybridized carbons (Fsp3) is 0.200. The van der Waals surface area contributed by atoms with Gasteiger partial charge in [0, 0.05) is 16.7 Å². The van der Waals surface area contributed by atoms with Crippen LogP contribution >= 0.6 is 10.7 Å². The van der Waals surface area contributed by atoms with Gasteiger partial charge in [-0.05, 0) is 13.0 Å². The molecule has 7 nitrogen and oxygen atoms in total. The van der Waals surface area contributed by atoms with Gasteiger partial charge < -0.3 is 10.5 Å². The van der Waals surface area contributed by atoms with Crippen LogP contribution in [0.2, 0.25) is 0 Å². The van der Waals surface area contributed by atoms with Crippen LogP contribution in [-0.2, 0) is 13.8 Å². The molecule has 1 unspecified atom stereocenters. The van der Waals surface area contributed by atoms with Crippen molar-refractivity contribution in [1.82, 2.24) is 5.32 Å². The molecule has 1 atom stereocenters. The van der Waals surface area contributed by atoms with Crippen LogP contribution in [0.1, 0.15) is 6.92 Å². The molecule has 3 amide bonds. The molecule has 0 fully saturated rings. The minimum atomic E-state index is -4.53. The standard InChI is InChI=1S/C10H9ClF2N2O5S/c1-4(9(16)15-10(14)17)20-8-6(13)2-5(12)3-7(8)21(11,18)19/h2-4H,1H3,(H3,14,15,16,17). The lowest BCUT2D eigenvalue weighted by atomic mass is 10.3. The van der Waals surface area contributed by atoms with Crippen LogP contribution in [-0.4, -0.2) is 26.5 Å². The fourth-order valence-electron chi connectivity index (χ4n) is 1.29. The topological polar surface area (TPSA) is 116 Å². The zero-order valence-corrected chi connectivity index (χ0v) is 12.0. The van der Waals surface area contributed by atoms with E-state index in [9.17, 15) is 26.8 Å². The number of urea groups is 1. The number of carbonyl (C=O) groups excluding carboxylic acids is 2. The van der Waals surface area contributed by atoms with Gasteiger partial charge in [-0.15, -0.1) is 0 Å². The molecule has 116 valence electrons. The second kappa shape index (κ2) is 6.22. The average Bonchev–Trinajstić information content (AvgIpc) is 2.29. The van der Waals surface area contributed by atoms with Crippen LogP contribution in [0.15, 0.2) is 17.0 Å². The van der Waals surface area contributed by atoms with E-state index in [1.54, 1.807) is 5.32 Å². The Bertz CT molecular complexity index is 695. The molecule has 1 aromatic carbocycles. The van der Waals surface area contributed by atoms with E-state index in [1.165, 1.54) is 0 Å². The zero-order valence-electron chi connectivity index (χ0n) is 10.4. The van der Waals surface area contributed by atoms with Gasteiger partial charge in [0.25, 0.3) is 15.0 Å². The molecule has 0 heterocycles. The van der Waals surface area contributed by atoms with Gasteiger partial charge >= 0.3 is 6.03 Å². The molecule has 0 saturated carbocycles. The predicted octanol–water partition coefficient (Wildman–Crippen LogP) is 0.855. The monoisotopic (exact) mass is 342 g/mol. The first-order valence-corrected chi connectivity index (χ1v) is 7.54. The van der Waals surface area contributed by atoms with Crippen molar-refractivity contribution in [3.8, 4) is 5.75 Å². The maximum atomic E-state index is 13.6. The van der Waals surface area contributed by atoms with Crippen molar-refractivity contribution in [2.75, 3.05) is 0 Å². The number of hydrogen-bond acceptors (Lipinski definition) is 5.